The van der Waals surface area contributed by atoms with Crippen LogP contribution in [0.2, 0.25) is 0 Å². The maximum absolute atomic E-state index is 12.3. The van der Waals surface area contributed by atoms with Crippen LogP contribution in [0.3, 0.4) is 0 Å². The Morgan fingerprint density at radius 2 is 2.00 bits per heavy atom. The number of likely N-dealkylation sites (N-methyl/N-ethyl adjacent to an activating group) is 1. The lowest BCUT2D eigenvalue weighted by molar-refractivity contribution is 0.0951. The Kier molecular flexibility index (Phi) is 13.7. The van der Waals surface area contributed by atoms with Crippen molar-refractivity contribution < 1.29 is 4.79 Å². The van der Waals surface area contributed by atoms with Crippen LogP contribution >= 0.6 is 24.0 Å². The Labute approximate surface area is 205 Å². The highest BCUT2D eigenvalue weighted by Crippen LogP contribution is 2.18. The van der Waals surface area contributed by atoms with Gasteiger partial charge < -0.3 is 20.9 Å². The van der Waals surface area contributed by atoms with Gasteiger partial charge in [0.25, 0.3) is 5.91 Å². The summed E-state index contributed by atoms with van der Waals surface area (Å²) in [6, 6.07) is 8.46. The summed E-state index contributed by atoms with van der Waals surface area (Å²) in [5, 5.41) is 9.73. The van der Waals surface area contributed by atoms with E-state index >= 15 is 0 Å². The molecule has 1 aromatic carbocycles. The Balaban J connectivity index is 0.00000480. The van der Waals surface area contributed by atoms with Crippen molar-refractivity contribution in [3.8, 4) is 0 Å². The van der Waals surface area contributed by atoms with Gasteiger partial charge in [-0.2, -0.15) is 0 Å². The fraction of sp³-hybridized carbons (Fsp3) is 0.652. The Bertz CT molecular complexity index is 682. The second-order valence-corrected chi connectivity index (χ2v) is 8.21. The number of benzene rings is 1. The highest BCUT2D eigenvalue weighted by molar-refractivity contribution is 14.0. The average molecular weight is 545 g/mol. The third-order valence-corrected chi connectivity index (χ3v) is 5.63. The molecule has 0 bridgehead atoms. The van der Waals surface area contributed by atoms with E-state index in [1.54, 1.807) is 7.05 Å². The molecular formula is C23H41IN6O. The van der Waals surface area contributed by atoms with Crippen molar-refractivity contribution in [3.05, 3.63) is 35.4 Å². The van der Waals surface area contributed by atoms with Crippen LogP contribution in [0.5, 0.6) is 0 Å². The molecule has 0 radical (unpaired) electrons. The summed E-state index contributed by atoms with van der Waals surface area (Å²) in [4.78, 5) is 21.3. The molecule has 1 aromatic rings. The molecular weight excluding hydrogens is 503 g/mol. The molecule has 1 fully saturated rings. The minimum Gasteiger partial charge on any atom is -0.355 e. The van der Waals surface area contributed by atoms with Crippen molar-refractivity contribution in [2.24, 2.45) is 4.99 Å². The largest absolute Gasteiger partial charge is 0.355 e. The highest BCUT2D eigenvalue weighted by Gasteiger charge is 2.19. The number of hydrogen-bond donors (Lipinski definition) is 3. The monoisotopic (exact) mass is 544 g/mol. The molecule has 7 nitrogen and oxygen atoms in total. The number of likely N-dealkylation sites (tertiary alicyclic amines) is 1. The molecule has 0 aliphatic carbocycles. The zero-order valence-corrected chi connectivity index (χ0v) is 21.9. The zero-order chi connectivity index (χ0) is 21.8. The molecule has 1 heterocycles. The second kappa shape index (κ2) is 15.4. The number of nitrogens with zero attached hydrogens (tertiary/aromatic N) is 3. The number of piperidine rings is 1. The molecule has 1 atom stereocenters. The van der Waals surface area contributed by atoms with Gasteiger partial charge in [0.2, 0.25) is 0 Å². The van der Waals surface area contributed by atoms with Gasteiger partial charge in [0, 0.05) is 51.4 Å². The Hall–Kier alpha value is -1.39. The summed E-state index contributed by atoms with van der Waals surface area (Å²) in [6.07, 6.45) is 5.22. The molecule has 0 saturated carbocycles. The number of halogens is 1. The topological polar surface area (TPSA) is 72.0 Å². The molecule has 1 saturated heterocycles. The number of nitrogens with one attached hydrogen (secondary N) is 3. The van der Waals surface area contributed by atoms with E-state index in [9.17, 15) is 4.79 Å². The summed E-state index contributed by atoms with van der Waals surface area (Å²) >= 11 is 0. The Morgan fingerprint density at radius 3 is 2.71 bits per heavy atom. The van der Waals surface area contributed by atoms with Gasteiger partial charge in [-0.3, -0.25) is 14.7 Å². The van der Waals surface area contributed by atoms with E-state index in [-0.39, 0.29) is 29.9 Å². The predicted molar refractivity (Wildman–Crippen MR) is 140 cm³/mol. The van der Waals surface area contributed by atoms with Crippen LogP contribution in [0.1, 0.15) is 48.5 Å². The summed E-state index contributed by atoms with van der Waals surface area (Å²) in [5.41, 5.74) is 1.74. The summed E-state index contributed by atoms with van der Waals surface area (Å²) in [5.74, 6) is 0.758. The second-order valence-electron chi connectivity index (χ2n) is 8.21. The van der Waals surface area contributed by atoms with Gasteiger partial charge in [-0.1, -0.05) is 25.5 Å². The van der Waals surface area contributed by atoms with Crippen molar-refractivity contribution in [2.75, 3.05) is 53.9 Å². The number of hydrogen-bond acceptors (Lipinski definition) is 4. The maximum Gasteiger partial charge on any atom is 0.251 e. The summed E-state index contributed by atoms with van der Waals surface area (Å²) < 4.78 is 0. The lowest BCUT2D eigenvalue weighted by Crippen LogP contribution is -2.45. The number of aliphatic imine (C=N–C) groups is 1. The number of guanidine groups is 1. The van der Waals surface area contributed by atoms with Crippen molar-refractivity contribution in [1.29, 1.82) is 0 Å². The van der Waals surface area contributed by atoms with E-state index in [4.69, 9.17) is 0 Å². The van der Waals surface area contributed by atoms with E-state index in [1.165, 1.54) is 32.2 Å². The average Bonchev–Trinajstić information content (AvgIpc) is 2.76. The van der Waals surface area contributed by atoms with E-state index < -0.39 is 0 Å². The molecule has 176 valence electrons. The quantitative estimate of drug-likeness (QED) is 0.240. The first-order valence-corrected chi connectivity index (χ1v) is 11.2. The molecule has 31 heavy (non-hydrogen) atoms. The van der Waals surface area contributed by atoms with Gasteiger partial charge in [0.15, 0.2) is 5.96 Å². The predicted octanol–water partition coefficient (Wildman–Crippen LogP) is 2.53. The van der Waals surface area contributed by atoms with E-state index in [0.717, 1.165) is 37.2 Å². The first kappa shape index (κ1) is 27.6. The van der Waals surface area contributed by atoms with E-state index in [0.29, 0.717) is 18.7 Å². The molecule has 1 aliphatic heterocycles. The van der Waals surface area contributed by atoms with Gasteiger partial charge in [-0.05, 0) is 57.6 Å². The normalized spacial score (nSPS) is 17.2. The van der Waals surface area contributed by atoms with Gasteiger partial charge in [0.05, 0.1) is 0 Å². The van der Waals surface area contributed by atoms with Gasteiger partial charge in [0.1, 0.15) is 0 Å². The van der Waals surface area contributed by atoms with Crippen LogP contribution in [0.25, 0.3) is 0 Å². The molecule has 0 spiro atoms. The molecule has 1 amide bonds. The van der Waals surface area contributed by atoms with E-state index in [2.05, 4.69) is 32.8 Å². The molecule has 3 N–H and O–H groups in total. The molecule has 1 aliphatic rings. The third kappa shape index (κ3) is 10.2. The minimum atomic E-state index is -0.0341. The standard InChI is InChI=1S/C23H40N6O.HI/c1-5-21-11-6-7-14-29(21)16-13-26-23(24-2)27-18-19-9-8-10-20(17-19)22(30)25-12-15-28(3)4;/h8-10,17,21H,5-7,11-16,18H2,1-4H3,(H,25,30)(H2,24,26,27);1H. The first-order chi connectivity index (χ1) is 14.5. The maximum atomic E-state index is 12.3. The molecule has 8 heteroatoms. The van der Waals surface area contributed by atoms with Crippen LogP contribution < -0.4 is 16.0 Å². The van der Waals surface area contributed by atoms with Crippen LogP contribution in [0.15, 0.2) is 29.3 Å². The lowest BCUT2D eigenvalue weighted by atomic mass is 10.0. The van der Waals surface area contributed by atoms with Crippen molar-refractivity contribution in [3.63, 3.8) is 0 Å². The van der Waals surface area contributed by atoms with Crippen molar-refractivity contribution >= 4 is 35.8 Å². The van der Waals surface area contributed by atoms with Crippen molar-refractivity contribution in [2.45, 2.75) is 45.2 Å². The number of rotatable bonds is 10. The van der Waals surface area contributed by atoms with Crippen LogP contribution in [0.4, 0.5) is 0 Å². The van der Waals surface area contributed by atoms with Crippen LogP contribution in [-0.2, 0) is 6.54 Å². The highest BCUT2D eigenvalue weighted by atomic mass is 127. The lowest BCUT2D eigenvalue weighted by Gasteiger charge is -2.35. The summed E-state index contributed by atoms with van der Waals surface area (Å²) in [6.45, 7) is 7.50. The van der Waals surface area contributed by atoms with E-state index in [1.807, 2.05) is 43.3 Å². The number of amides is 1. The smallest absolute Gasteiger partial charge is 0.251 e. The van der Waals surface area contributed by atoms with Crippen molar-refractivity contribution in [1.82, 2.24) is 25.8 Å². The van der Waals surface area contributed by atoms with Crippen LogP contribution in [0, 0.1) is 0 Å². The first-order valence-electron chi connectivity index (χ1n) is 11.2. The third-order valence-electron chi connectivity index (χ3n) is 5.63. The zero-order valence-electron chi connectivity index (χ0n) is 19.6. The Morgan fingerprint density at radius 1 is 1.19 bits per heavy atom. The number of carbonyl (C=O) groups is 1. The fourth-order valence-corrected chi connectivity index (χ4v) is 3.86. The van der Waals surface area contributed by atoms with Crippen LogP contribution in [-0.4, -0.2) is 81.6 Å². The van der Waals surface area contributed by atoms with Gasteiger partial charge in [-0.25, -0.2) is 0 Å². The van der Waals surface area contributed by atoms with Gasteiger partial charge in [-0.15, -0.1) is 24.0 Å². The SMILES string of the molecule is CCC1CCCCN1CCNC(=NC)NCc1cccc(C(=O)NCCN(C)C)c1.I. The summed E-state index contributed by atoms with van der Waals surface area (Å²) in [7, 11) is 5.78. The minimum absolute atomic E-state index is 0. The molecule has 1 unspecified atom stereocenters. The number of carbonyl (C=O) groups excluding carboxylic acids is 1. The fourth-order valence-electron chi connectivity index (χ4n) is 3.86. The van der Waals surface area contributed by atoms with Gasteiger partial charge >= 0.3 is 0 Å². The molecule has 2 rings (SSSR count). The molecule has 0 aromatic heterocycles.